The second-order valence-electron chi connectivity index (χ2n) is 3.77. The molecule has 0 aromatic carbocycles. The molecule has 2 heterocycles. The van der Waals surface area contributed by atoms with Crippen LogP contribution in [0.15, 0.2) is 6.20 Å². The van der Waals surface area contributed by atoms with Crippen molar-refractivity contribution in [3.63, 3.8) is 0 Å². The molecule has 0 spiro atoms. The van der Waals surface area contributed by atoms with Crippen molar-refractivity contribution in [1.82, 2.24) is 9.97 Å². The van der Waals surface area contributed by atoms with E-state index in [-0.39, 0.29) is 5.28 Å². The number of nitrogens with zero attached hydrogens (tertiary/aromatic N) is 2. The third-order valence-electron chi connectivity index (χ3n) is 2.61. The Kier molecular flexibility index (Phi) is 4.21. The highest BCUT2D eigenvalue weighted by Crippen LogP contribution is 2.21. The molecule has 1 fully saturated rings. The maximum Gasteiger partial charge on any atom is 0.224 e. The van der Waals surface area contributed by atoms with E-state index in [0.29, 0.717) is 16.8 Å². The van der Waals surface area contributed by atoms with Crippen LogP contribution in [0.5, 0.6) is 0 Å². The third-order valence-corrected chi connectivity index (χ3v) is 3.07. The zero-order valence-corrected chi connectivity index (χ0v) is 10.3. The van der Waals surface area contributed by atoms with Crippen LogP contribution in [-0.4, -0.2) is 29.7 Å². The van der Waals surface area contributed by atoms with Crippen LogP contribution >= 0.6 is 23.2 Å². The van der Waals surface area contributed by atoms with Gasteiger partial charge in [-0.3, -0.25) is 0 Å². The summed E-state index contributed by atoms with van der Waals surface area (Å²) in [6.07, 6.45) is 3.65. The van der Waals surface area contributed by atoms with Gasteiger partial charge in [-0.2, -0.15) is 4.98 Å². The van der Waals surface area contributed by atoms with Gasteiger partial charge in [0.25, 0.3) is 0 Å². The van der Waals surface area contributed by atoms with Gasteiger partial charge in [-0.15, -0.1) is 0 Å². The molecule has 4 nitrogen and oxygen atoms in total. The SMILES string of the molecule is Clc1ncc(Cl)c(NCC2CCOCC2)n1. The number of hydrogen-bond acceptors (Lipinski definition) is 4. The standard InChI is InChI=1S/C10H13Cl2N3O/c11-8-6-14-10(12)15-9(8)13-5-7-1-3-16-4-2-7/h6-7H,1-5H2,(H,13,14,15). The summed E-state index contributed by atoms with van der Waals surface area (Å²) < 4.78 is 5.29. The summed E-state index contributed by atoms with van der Waals surface area (Å²) in [5, 5.41) is 3.90. The van der Waals surface area contributed by atoms with E-state index >= 15 is 0 Å². The lowest BCUT2D eigenvalue weighted by molar-refractivity contribution is 0.0699. The predicted octanol–water partition coefficient (Wildman–Crippen LogP) is 2.62. The normalized spacial score (nSPS) is 17.4. The Morgan fingerprint density at radius 3 is 2.88 bits per heavy atom. The summed E-state index contributed by atoms with van der Waals surface area (Å²) >= 11 is 11.6. The maximum atomic E-state index is 5.94. The van der Waals surface area contributed by atoms with Crippen molar-refractivity contribution in [2.45, 2.75) is 12.8 Å². The van der Waals surface area contributed by atoms with E-state index in [4.69, 9.17) is 27.9 Å². The highest BCUT2D eigenvalue weighted by Gasteiger charge is 2.14. The van der Waals surface area contributed by atoms with Crippen molar-refractivity contribution in [3.8, 4) is 0 Å². The minimum Gasteiger partial charge on any atom is -0.381 e. The molecular weight excluding hydrogens is 249 g/mol. The van der Waals surface area contributed by atoms with E-state index in [1.165, 1.54) is 6.20 Å². The van der Waals surface area contributed by atoms with E-state index in [2.05, 4.69) is 15.3 Å². The number of halogens is 2. The second kappa shape index (κ2) is 5.66. The topological polar surface area (TPSA) is 47.0 Å². The van der Waals surface area contributed by atoms with Crippen LogP contribution in [0.2, 0.25) is 10.3 Å². The van der Waals surface area contributed by atoms with Gasteiger partial charge in [0.2, 0.25) is 5.28 Å². The van der Waals surface area contributed by atoms with Crippen LogP contribution in [0.4, 0.5) is 5.82 Å². The second-order valence-corrected chi connectivity index (χ2v) is 4.52. The van der Waals surface area contributed by atoms with Crippen molar-refractivity contribution in [2.24, 2.45) is 5.92 Å². The third kappa shape index (κ3) is 3.20. The highest BCUT2D eigenvalue weighted by atomic mass is 35.5. The zero-order chi connectivity index (χ0) is 11.4. The smallest absolute Gasteiger partial charge is 0.224 e. The summed E-state index contributed by atoms with van der Waals surface area (Å²) in [7, 11) is 0. The van der Waals surface area contributed by atoms with Gasteiger partial charge >= 0.3 is 0 Å². The van der Waals surface area contributed by atoms with Crippen molar-refractivity contribution < 1.29 is 4.74 Å². The number of ether oxygens (including phenoxy) is 1. The van der Waals surface area contributed by atoms with Gasteiger partial charge < -0.3 is 10.1 Å². The lowest BCUT2D eigenvalue weighted by Gasteiger charge is -2.22. The van der Waals surface area contributed by atoms with Gasteiger partial charge in [-0.05, 0) is 30.4 Å². The number of aromatic nitrogens is 2. The highest BCUT2D eigenvalue weighted by molar-refractivity contribution is 6.33. The van der Waals surface area contributed by atoms with Gasteiger partial charge in [0, 0.05) is 19.8 Å². The van der Waals surface area contributed by atoms with Gasteiger partial charge in [0.05, 0.1) is 6.20 Å². The lowest BCUT2D eigenvalue weighted by Crippen LogP contribution is -2.23. The summed E-state index contributed by atoms with van der Waals surface area (Å²) in [6.45, 7) is 2.52. The summed E-state index contributed by atoms with van der Waals surface area (Å²) in [5.41, 5.74) is 0. The van der Waals surface area contributed by atoms with Gasteiger partial charge in [0.15, 0.2) is 0 Å². The quantitative estimate of drug-likeness (QED) is 0.850. The average molecular weight is 262 g/mol. The molecule has 1 N–H and O–H groups in total. The van der Waals surface area contributed by atoms with Gasteiger partial charge in [-0.25, -0.2) is 4.98 Å². The molecule has 0 bridgehead atoms. The molecule has 1 aliphatic rings. The molecular formula is C10H13Cl2N3O. The van der Waals surface area contributed by atoms with Gasteiger partial charge in [-0.1, -0.05) is 11.6 Å². The average Bonchev–Trinajstić information content (AvgIpc) is 2.32. The summed E-state index contributed by atoms with van der Waals surface area (Å²) in [4.78, 5) is 7.83. The fourth-order valence-corrected chi connectivity index (χ4v) is 1.95. The first-order chi connectivity index (χ1) is 7.75. The molecule has 0 atom stereocenters. The molecule has 0 unspecified atom stereocenters. The number of hydrogen-bond donors (Lipinski definition) is 1. The van der Waals surface area contributed by atoms with E-state index in [0.717, 1.165) is 32.6 Å². The first-order valence-corrected chi connectivity index (χ1v) is 6.01. The molecule has 2 rings (SSSR count). The van der Waals surface area contributed by atoms with E-state index < -0.39 is 0 Å². The van der Waals surface area contributed by atoms with Crippen molar-refractivity contribution in [1.29, 1.82) is 0 Å². The summed E-state index contributed by atoms with van der Waals surface area (Å²) in [6, 6.07) is 0. The molecule has 1 saturated heterocycles. The van der Waals surface area contributed by atoms with Crippen molar-refractivity contribution in [3.05, 3.63) is 16.5 Å². The van der Waals surface area contributed by atoms with Crippen molar-refractivity contribution in [2.75, 3.05) is 25.1 Å². The lowest BCUT2D eigenvalue weighted by atomic mass is 10.0. The predicted molar refractivity (Wildman–Crippen MR) is 64.1 cm³/mol. The molecule has 0 aliphatic carbocycles. The Labute approximate surface area is 104 Å². The largest absolute Gasteiger partial charge is 0.381 e. The number of nitrogens with one attached hydrogen (secondary N) is 1. The molecule has 6 heteroatoms. The Balaban J connectivity index is 1.90. The number of anilines is 1. The molecule has 0 amide bonds. The molecule has 1 aromatic rings. The fraction of sp³-hybridized carbons (Fsp3) is 0.600. The molecule has 1 aliphatic heterocycles. The first-order valence-electron chi connectivity index (χ1n) is 5.25. The van der Waals surface area contributed by atoms with Crippen molar-refractivity contribution >= 4 is 29.0 Å². The van der Waals surface area contributed by atoms with Crippen LogP contribution in [0.3, 0.4) is 0 Å². The number of rotatable bonds is 3. The van der Waals surface area contributed by atoms with E-state index in [9.17, 15) is 0 Å². The molecule has 88 valence electrons. The molecule has 0 saturated carbocycles. The Morgan fingerprint density at radius 2 is 2.12 bits per heavy atom. The van der Waals surface area contributed by atoms with Crippen LogP contribution < -0.4 is 5.32 Å². The Bertz CT molecular complexity index is 356. The maximum absolute atomic E-state index is 5.94. The minimum absolute atomic E-state index is 0.207. The van der Waals surface area contributed by atoms with Crippen LogP contribution in [0.25, 0.3) is 0 Å². The van der Waals surface area contributed by atoms with Crippen LogP contribution in [0, 0.1) is 5.92 Å². The fourth-order valence-electron chi connectivity index (χ4n) is 1.66. The Hall–Kier alpha value is -0.580. The minimum atomic E-state index is 0.207. The zero-order valence-electron chi connectivity index (χ0n) is 8.75. The summed E-state index contributed by atoms with van der Waals surface area (Å²) in [5.74, 6) is 1.21. The van der Waals surface area contributed by atoms with E-state index in [1.807, 2.05) is 0 Å². The van der Waals surface area contributed by atoms with Crippen LogP contribution in [-0.2, 0) is 4.74 Å². The van der Waals surface area contributed by atoms with E-state index in [1.54, 1.807) is 0 Å². The molecule has 0 radical (unpaired) electrons. The first kappa shape index (κ1) is 11.9. The van der Waals surface area contributed by atoms with Gasteiger partial charge in [0.1, 0.15) is 10.8 Å². The monoisotopic (exact) mass is 261 g/mol. The molecule has 16 heavy (non-hydrogen) atoms. The van der Waals surface area contributed by atoms with Crippen LogP contribution in [0.1, 0.15) is 12.8 Å². The molecule has 1 aromatic heterocycles. The Morgan fingerprint density at radius 1 is 1.38 bits per heavy atom.